The average molecular weight is 279 g/mol. The molecule has 0 aromatic heterocycles. The number of nitrogens with one attached hydrogen (secondary N) is 1. The third-order valence-corrected chi connectivity index (χ3v) is 3.25. The number of methoxy groups -OCH3 is 2. The van der Waals surface area contributed by atoms with Crippen LogP contribution in [0.5, 0.6) is 5.75 Å². The molecule has 0 aliphatic heterocycles. The van der Waals surface area contributed by atoms with Gasteiger partial charge in [0, 0.05) is 20.3 Å². The Morgan fingerprint density at radius 2 is 1.85 bits per heavy atom. The van der Waals surface area contributed by atoms with Crippen molar-refractivity contribution < 1.29 is 14.3 Å². The summed E-state index contributed by atoms with van der Waals surface area (Å²) >= 11 is 0. The van der Waals surface area contributed by atoms with Gasteiger partial charge in [-0.2, -0.15) is 0 Å². The van der Waals surface area contributed by atoms with Crippen molar-refractivity contribution in [2.45, 2.75) is 26.2 Å². The molecule has 1 N–H and O–H groups in total. The van der Waals surface area contributed by atoms with Crippen LogP contribution >= 0.6 is 0 Å². The van der Waals surface area contributed by atoms with Gasteiger partial charge < -0.3 is 14.8 Å². The summed E-state index contributed by atoms with van der Waals surface area (Å²) in [6.45, 7) is 5.43. The zero-order chi connectivity index (χ0) is 15.0. The van der Waals surface area contributed by atoms with Gasteiger partial charge in [0.05, 0.1) is 13.0 Å². The van der Waals surface area contributed by atoms with Gasteiger partial charge in [0.2, 0.25) is 5.91 Å². The topological polar surface area (TPSA) is 47.6 Å². The van der Waals surface area contributed by atoms with Crippen LogP contribution in [0.1, 0.15) is 31.7 Å². The van der Waals surface area contributed by atoms with Crippen LogP contribution in [-0.4, -0.2) is 33.3 Å². The number of ether oxygens (including phenoxy) is 2. The fourth-order valence-electron chi connectivity index (χ4n) is 2.19. The van der Waals surface area contributed by atoms with E-state index in [1.165, 1.54) is 0 Å². The third kappa shape index (κ3) is 4.85. The minimum absolute atomic E-state index is 0.0706. The Kier molecular flexibility index (Phi) is 7.09. The van der Waals surface area contributed by atoms with Crippen molar-refractivity contribution in [1.29, 1.82) is 0 Å². The Hall–Kier alpha value is -1.55. The van der Waals surface area contributed by atoms with E-state index >= 15 is 0 Å². The molecule has 0 aliphatic carbocycles. The second-order valence-electron chi connectivity index (χ2n) is 5.13. The fourth-order valence-corrected chi connectivity index (χ4v) is 2.19. The van der Waals surface area contributed by atoms with Crippen molar-refractivity contribution in [3.05, 3.63) is 29.8 Å². The first-order valence-electron chi connectivity index (χ1n) is 7.00. The lowest BCUT2D eigenvalue weighted by Crippen LogP contribution is -2.33. The standard InChI is InChI=1S/C16H25NO3/c1-12(2)15(16(18)17-10-5-11-19-3)13-6-8-14(20-4)9-7-13/h6-9,12,15H,5,10-11H2,1-4H3,(H,17,18). The number of hydrogen-bond donors (Lipinski definition) is 1. The van der Waals surface area contributed by atoms with Crippen LogP contribution < -0.4 is 10.1 Å². The summed E-state index contributed by atoms with van der Waals surface area (Å²) in [5, 5.41) is 2.98. The van der Waals surface area contributed by atoms with E-state index in [1.807, 2.05) is 24.3 Å². The maximum Gasteiger partial charge on any atom is 0.227 e. The molecule has 1 aromatic carbocycles. The predicted octanol–water partition coefficient (Wildman–Crippen LogP) is 2.59. The van der Waals surface area contributed by atoms with Crippen molar-refractivity contribution >= 4 is 5.91 Å². The van der Waals surface area contributed by atoms with Crippen LogP contribution in [0.2, 0.25) is 0 Å². The van der Waals surface area contributed by atoms with Gasteiger partial charge in [-0.25, -0.2) is 0 Å². The minimum atomic E-state index is -0.136. The van der Waals surface area contributed by atoms with E-state index in [1.54, 1.807) is 14.2 Å². The van der Waals surface area contributed by atoms with Crippen LogP contribution in [0.3, 0.4) is 0 Å². The highest BCUT2D eigenvalue weighted by Gasteiger charge is 2.23. The molecule has 112 valence electrons. The van der Waals surface area contributed by atoms with E-state index in [2.05, 4.69) is 19.2 Å². The molecule has 0 spiro atoms. The van der Waals surface area contributed by atoms with Gasteiger partial charge in [-0.1, -0.05) is 26.0 Å². The first-order chi connectivity index (χ1) is 9.60. The highest BCUT2D eigenvalue weighted by molar-refractivity contribution is 5.83. The number of rotatable bonds is 8. The number of carbonyl (C=O) groups excluding carboxylic acids is 1. The van der Waals surface area contributed by atoms with Gasteiger partial charge in [0.15, 0.2) is 0 Å². The van der Waals surface area contributed by atoms with Gasteiger partial charge in [0.1, 0.15) is 5.75 Å². The van der Waals surface area contributed by atoms with Crippen molar-refractivity contribution in [2.75, 3.05) is 27.4 Å². The van der Waals surface area contributed by atoms with Crippen LogP contribution in [0.15, 0.2) is 24.3 Å². The van der Waals surface area contributed by atoms with Crippen LogP contribution in [0, 0.1) is 5.92 Å². The molecule has 1 amide bonds. The first kappa shape index (κ1) is 16.5. The van der Waals surface area contributed by atoms with E-state index in [0.717, 1.165) is 17.7 Å². The lowest BCUT2D eigenvalue weighted by Gasteiger charge is -2.21. The molecule has 0 heterocycles. The number of hydrogen-bond acceptors (Lipinski definition) is 3. The minimum Gasteiger partial charge on any atom is -0.497 e. The molecule has 0 fully saturated rings. The smallest absolute Gasteiger partial charge is 0.227 e. The maximum absolute atomic E-state index is 12.3. The lowest BCUT2D eigenvalue weighted by atomic mass is 9.87. The zero-order valence-electron chi connectivity index (χ0n) is 12.8. The van der Waals surface area contributed by atoms with Crippen LogP contribution in [0.4, 0.5) is 0 Å². The molecule has 1 aromatic rings. The van der Waals surface area contributed by atoms with Crippen molar-refractivity contribution in [2.24, 2.45) is 5.92 Å². The van der Waals surface area contributed by atoms with Gasteiger partial charge in [-0.15, -0.1) is 0 Å². The quantitative estimate of drug-likeness (QED) is 0.744. The Balaban J connectivity index is 2.69. The summed E-state index contributed by atoms with van der Waals surface area (Å²) < 4.78 is 10.1. The van der Waals surface area contributed by atoms with Crippen molar-refractivity contribution in [3.8, 4) is 5.75 Å². The number of carbonyl (C=O) groups is 1. The molecule has 0 saturated heterocycles. The normalized spacial score (nSPS) is 12.2. The highest BCUT2D eigenvalue weighted by atomic mass is 16.5. The van der Waals surface area contributed by atoms with E-state index in [0.29, 0.717) is 13.2 Å². The summed E-state index contributed by atoms with van der Waals surface area (Å²) in [6, 6.07) is 7.70. The predicted molar refractivity (Wildman–Crippen MR) is 80.1 cm³/mol. The van der Waals surface area contributed by atoms with E-state index in [9.17, 15) is 4.79 Å². The fraction of sp³-hybridized carbons (Fsp3) is 0.562. The Labute approximate surface area is 121 Å². The monoisotopic (exact) mass is 279 g/mol. The molecule has 20 heavy (non-hydrogen) atoms. The Bertz CT molecular complexity index is 401. The van der Waals surface area contributed by atoms with Gasteiger partial charge in [-0.05, 0) is 30.0 Å². The summed E-state index contributed by atoms with van der Waals surface area (Å²) in [7, 11) is 3.30. The average Bonchev–Trinajstić information content (AvgIpc) is 2.44. The molecule has 1 unspecified atom stereocenters. The Morgan fingerprint density at radius 1 is 1.20 bits per heavy atom. The van der Waals surface area contributed by atoms with E-state index < -0.39 is 0 Å². The molecule has 0 bridgehead atoms. The highest BCUT2D eigenvalue weighted by Crippen LogP contribution is 2.26. The van der Waals surface area contributed by atoms with E-state index in [-0.39, 0.29) is 17.7 Å². The summed E-state index contributed by atoms with van der Waals surface area (Å²) in [5.74, 6) is 0.979. The molecule has 0 radical (unpaired) electrons. The first-order valence-corrected chi connectivity index (χ1v) is 7.00. The zero-order valence-corrected chi connectivity index (χ0v) is 12.8. The number of benzene rings is 1. The molecular formula is C16H25NO3. The number of amides is 1. The lowest BCUT2D eigenvalue weighted by molar-refractivity contribution is -0.123. The Morgan fingerprint density at radius 3 is 2.35 bits per heavy atom. The summed E-state index contributed by atoms with van der Waals surface area (Å²) in [6.07, 6.45) is 0.829. The van der Waals surface area contributed by atoms with Crippen molar-refractivity contribution in [1.82, 2.24) is 5.32 Å². The third-order valence-electron chi connectivity index (χ3n) is 3.25. The summed E-state index contributed by atoms with van der Waals surface area (Å²) in [5.41, 5.74) is 1.02. The second kappa shape index (κ2) is 8.59. The van der Waals surface area contributed by atoms with Gasteiger partial charge in [-0.3, -0.25) is 4.79 Å². The SMILES string of the molecule is COCCCNC(=O)C(c1ccc(OC)cc1)C(C)C. The molecule has 1 atom stereocenters. The van der Waals surface area contributed by atoms with Gasteiger partial charge >= 0.3 is 0 Å². The molecular weight excluding hydrogens is 254 g/mol. The maximum atomic E-state index is 12.3. The largest absolute Gasteiger partial charge is 0.497 e. The molecule has 0 saturated carbocycles. The van der Waals surface area contributed by atoms with Crippen LogP contribution in [-0.2, 0) is 9.53 Å². The molecule has 4 nitrogen and oxygen atoms in total. The summed E-state index contributed by atoms with van der Waals surface area (Å²) in [4.78, 5) is 12.3. The van der Waals surface area contributed by atoms with Gasteiger partial charge in [0.25, 0.3) is 0 Å². The van der Waals surface area contributed by atoms with E-state index in [4.69, 9.17) is 9.47 Å². The second-order valence-corrected chi connectivity index (χ2v) is 5.13. The van der Waals surface area contributed by atoms with Crippen LogP contribution in [0.25, 0.3) is 0 Å². The van der Waals surface area contributed by atoms with Crippen molar-refractivity contribution in [3.63, 3.8) is 0 Å². The molecule has 1 rings (SSSR count). The molecule has 0 aliphatic rings. The molecule has 4 heteroatoms.